The first-order chi connectivity index (χ1) is 12.3. The fraction of sp³-hybridized carbons (Fsp3) is 0.125. The zero-order chi connectivity index (χ0) is 19.1. The summed E-state index contributed by atoms with van der Waals surface area (Å²) in [5.74, 6) is 0. The molecule has 0 aliphatic rings. The molecule has 0 amide bonds. The number of anilines is 2. The fourth-order valence-electron chi connectivity index (χ4n) is 1.87. The number of rotatable bonds is 5. The van der Waals surface area contributed by atoms with Gasteiger partial charge in [0.1, 0.15) is 0 Å². The zero-order valence-electron chi connectivity index (χ0n) is 13.2. The van der Waals surface area contributed by atoms with Gasteiger partial charge in [0.25, 0.3) is 0 Å². The largest absolute Gasteiger partial charge is 0.361 e. The fourth-order valence-corrected chi connectivity index (χ4v) is 3.20. The third-order valence-electron chi connectivity index (χ3n) is 3.05. The summed E-state index contributed by atoms with van der Waals surface area (Å²) in [5, 5.41) is 15.1. The van der Waals surface area contributed by atoms with E-state index in [1.807, 2.05) is 0 Å². The number of halogens is 4. The second-order valence-corrected chi connectivity index (χ2v) is 7.51. The lowest BCUT2D eigenvalue weighted by molar-refractivity contribution is 0.821. The quantitative estimate of drug-likeness (QED) is 0.340. The van der Waals surface area contributed by atoms with Gasteiger partial charge >= 0.3 is 0 Å². The zero-order valence-corrected chi connectivity index (χ0v) is 17.9. The SMILES string of the molecule is S=C(NCCNC(=S)Nc1ccc(Cl)cc1Cl)Nc1ccc(Cl)cc1Cl. The molecule has 4 nitrogen and oxygen atoms in total. The molecule has 0 bridgehead atoms. The van der Waals surface area contributed by atoms with Gasteiger partial charge in [-0.2, -0.15) is 0 Å². The number of nitrogens with one attached hydrogen (secondary N) is 4. The van der Waals surface area contributed by atoms with Gasteiger partial charge in [0.15, 0.2) is 10.2 Å². The number of benzene rings is 2. The minimum Gasteiger partial charge on any atom is -0.361 e. The van der Waals surface area contributed by atoms with Crippen LogP contribution < -0.4 is 21.3 Å². The Morgan fingerprint density at radius 3 is 1.42 bits per heavy atom. The Labute approximate surface area is 182 Å². The molecule has 0 radical (unpaired) electrons. The van der Waals surface area contributed by atoms with Gasteiger partial charge in [-0.05, 0) is 60.8 Å². The molecular formula is C16H14Cl4N4S2. The van der Waals surface area contributed by atoms with Crippen LogP contribution in [0.5, 0.6) is 0 Å². The van der Waals surface area contributed by atoms with Crippen LogP contribution >= 0.6 is 70.8 Å². The molecule has 0 aliphatic carbocycles. The first kappa shape index (κ1) is 21.3. The maximum atomic E-state index is 6.08. The number of hydrogen-bond donors (Lipinski definition) is 4. The van der Waals surface area contributed by atoms with Gasteiger partial charge in [-0.1, -0.05) is 46.4 Å². The lowest BCUT2D eigenvalue weighted by Gasteiger charge is -2.14. The van der Waals surface area contributed by atoms with Gasteiger partial charge in [0.2, 0.25) is 0 Å². The number of thiocarbonyl (C=S) groups is 2. The third kappa shape index (κ3) is 6.95. The summed E-state index contributed by atoms with van der Waals surface area (Å²) in [6.07, 6.45) is 0. The van der Waals surface area contributed by atoms with Gasteiger partial charge < -0.3 is 21.3 Å². The monoisotopic (exact) mass is 466 g/mol. The molecule has 0 saturated carbocycles. The van der Waals surface area contributed by atoms with Crippen LogP contribution in [0, 0.1) is 0 Å². The minimum atomic E-state index is 0.440. The van der Waals surface area contributed by atoms with Crippen molar-refractivity contribution in [1.82, 2.24) is 10.6 Å². The molecule has 0 fully saturated rings. The van der Waals surface area contributed by atoms with E-state index in [1.165, 1.54) is 0 Å². The van der Waals surface area contributed by atoms with Crippen molar-refractivity contribution in [2.24, 2.45) is 0 Å². The Bertz CT molecular complexity index is 749. The molecule has 0 saturated heterocycles. The van der Waals surface area contributed by atoms with Crippen LogP contribution in [0.3, 0.4) is 0 Å². The van der Waals surface area contributed by atoms with Gasteiger partial charge in [0.05, 0.1) is 21.4 Å². The second kappa shape index (κ2) is 10.3. The summed E-state index contributed by atoms with van der Waals surface area (Å²) in [5.41, 5.74) is 1.35. The van der Waals surface area contributed by atoms with E-state index in [2.05, 4.69) is 21.3 Å². The van der Waals surface area contributed by atoms with Gasteiger partial charge in [-0.25, -0.2) is 0 Å². The summed E-state index contributed by atoms with van der Waals surface area (Å²) in [6.45, 7) is 1.10. The van der Waals surface area contributed by atoms with Crippen molar-refractivity contribution in [2.75, 3.05) is 23.7 Å². The second-order valence-electron chi connectivity index (χ2n) is 5.01. The van der Waals surface area contributed by atoms with Crippen molar-refractivity contribution in [3.8, 4) is 0 Å². The molecule has 0 heterocycles. The van der Waals surface area contributed by atoms with Crippen LogP contribution in [-0.2, 0) is 0 Å². The topological polar surface area (TPSA) is 48.1 Å². The lowest BCUT2D eigenvalue weighted by Crippen LogP contribution is -2.38. The average Bonchev–Trinajstić information content (AvgIpc) is 2.57. The molecule has 26 heavy (non-hydrogen) atoms. The minimum absolute atomic E-state index is 0.440. The molecule has 0 aliphatic heterocycles. The van der Waals surface area contributed by atoms with Crippen LogP contribution in [0.15, 0.2) is 36.4 Å². The van der Waals surface area contributed by atoms with E-state index in [0.717, 1.165) is 0 Å². The van der Waals surface area contributed by atoms with E-state index in [0.29, 0.717) is 54.8 Å². The standard InChI is InChI=1S/C16H14Cl4N4S2/c17-9-1-3-13(11(19)7-9)23-15(25)21-5-6-22-16(26)24-14-4-2-10(18)8-12(14)20/h1-4,7-8H,5-6H2,(H2,21,23,25)(H2,22,24,26). The highest BCUT2D eigenvalue weighted by Gasteiger charge is 2.05. The predicted molar refractivity (Wildman–Crippen MR) is 121 cm³/mol. The van der Waals surface area contributed by atoms with E-state index in [4.69, 9.17) is 70.8 Å². The molecule has 2 aromatic carbocycles. The maximum Gasteiger partial charge on any atom is 0.170 e. The Morgan fingerprint density at radius 1 is 0.692 bits per heavy atom. The Hall–Kier alpha value is -1.02. The van der Waals surface area contributed by atoms with E-state index in [-0.39, 0.29) is 0 Å². The van der Waals surface area contributed by atoms with Crippen molar-refractivity contribution in [3.05, 3.63) is 56.5 Å². The molecule has 10 heteroatoms. The molecule has 0 aromatic heterocycles. The average molecular weight is 468 g/mol. The van der Waals surface area contributed by atoms with E-state index in [9.17, 15) is 0 Å². The molecule has 2 aromatic rings. The van der Waals surface area contributed by atoms with Crippen molar-refractivity contribution in [1.29, 1.82) is 0 Å². The Kier molecular flexibility index (Phi) is 8.47. The third-order valence-corrected chi connectivity index (χ3v) is 4.64. The molecule has 4 N–H and O–H groups in total. The first-order valence-electron chi connectivity index (χ1n) is 7.35. The summed E-state index contributed by atoms with van der Waals surface area (Å²) >= 11 is 34.3. The maximum absolute atomic E-state index is 6.08. The summed E-state index contributed by atoms with van der Waals surface area (Å²) in [4.78, 5) is 0. The van der Waals surface area contributed by atoms with Crippen LogP contribution in [0.25, 0.3) is 0 Å². The first-order valence-corrected chi connectivity index (χ1v) is 9.68. The normalized spacial score (nSPS) is 10.2. The summed E-state index contributed by atoms with van der Waals surface area (Å²) < 4.78 is 0. The molecule has 2 rings (SSSR count). The highest BCUT2D eigenvalue weighted by molar-refractivity contribution is 7.80. The molecule has 0 spiro atoms. The Morgan fingerprint density at radius 2 is 1.08 bits per heavy atom. The van der Waals surface area contributed by atoms with Crippen molar-refractivity contribution in [2.45, 2.75) is 0 Å². The molecular weight excluding hydrogens is 454 g/mol. The van der Waals surface area contributed by atoms with Crippen LogP contribution in [-0.4, -0.2) is 23.3 Å². The summed E-state index contributed by atoms with van der Waals surface area (Å²) in [6, 6.07) is 10.2. The lowest BCUT2D eigenvalue weighted by atomic mass is 10.3. The van der Waals surface area contributed by atoms with Gasteiger partial charge in [0, 0.05) is 23.1 Å². The summed E-state index contributed by atoms with van der Waals surface area (Å²) in [7, 11) is 0. The van der Waals surface area contributed by atoms with Crippen molar-refractivity contribution < 1.29 is 0 Å². The van der Waals surface area contributed by atoms with E-state index < -0.39 is 0 Å². The van der Waals surface area contributed by atoms with Crippen LogP contribution in [0.2, 0.25) is 20.1 Å². The van der Waals surface area contributed by atoms with Gasteiger partial charge in [-0.15, -0.1) is 0 Å². The van der Waals surface area contributed by atoms with E-state index in [1.54, 1.807) is 36.4 Å². The number of hydrogen-bond acceptors (Lipinski definition) is 2. The van der Waals surface area contributed by atoms with Crippen molar-refractivity contribution >= 4 is 92.4 Å². The molecule has 0 unspecified atom stereocenters. The smallest absolute Gasteiger partial charge is 0.170 e. The molecule has 0 atom stereocenters. The van der Waals surface area contributed by atoms with E-state index >= 15 is 0 Å². The predicted octanol–water partition coefficient (Wildman–Crippen LogP) is 5.57. The van der Waals surface area contributed by atoms with Crippen molar-refractivity contribution in [3.63, 3.8) is 0 Å². The molecule has 138 valence electrons. The van der Waals surface area contributed by atoms with Gasteiger partial charge in [-0.3, -0.25) is 0 Å². The highest BCUT2D eigenvalue weighted by Crippen LogP contribution is 2.26. The highest BCUT2D eigenvalue weighted by atomic mass is 35.5. The van der Waals surface area contributed by atoms with Crippen LogP contribution in [0.1, 0.15) is 0 Å². The Balaban J connectivity index is 1.70. The van der Waals surface area contributed by atoms with Crippen LogP contribution in [0.4, 0.5) is 11.4 Å².